The van der Waals surface area contributed by atoms with E-state index in [1.807, 2.05) is 31.0 Å². The molecule has 0 spiro atoms. The van der Waals surface area contributed by atoms with Gasteiger partial charge in [0.1, 0.15) is 15.7 Å². The summed E-state index contributed by atoms with van der Waals surface area (Å²) in [6, 6.07) is 3.98. The second kappa shape index (κ2) is 6.86. The number of hydrogen-bond acceptors (Lipinski definition) is 5. The van der Waals surface area contributed by atoms with Gasteiger partial charge in [0.15, 0.2) is 0 Å². The summed E-state index contributed by atoms with van der Waals surface area (Å²) < 4.78 is 22.4. The van der Waals surface area contributed by atoms with Crippen LogP contribution in [0.15, 0.2) is 18.3 Å². The van der Waals surface area contributed by atoms with Crippen LogP contribution < -0.4 is 10.6 Å². The molecule has 2 N–H and O–H groups in total. The SMILES string of the molecule is CCC(N)Cc1cccnc1N(C)CCS(C)(=O)=O. The molecule has 19 heavy (non-hydrogen) atoms. The second-order valence-corrected chi connectivity index (χ2v) is 7.17. The number of nitrogens with zero attached hydrogens (tertiary/aromatic N) is 2. The summed E-state index contributed by atoms with van der Waals surface area (Å²) in [5.41, 5.74) is 7.04. The van der Waals surface area contributed by atoms with Gasteiger partial charge in [-0.2, -0.15) is 0 Å². The number of hydrogen-bond donors (Lipinski definition) is 1. The molecule has 0 saturated carbocycles. The van der Waals surface area contributed by atoms with Crippen molar-refractivity contribution in [3.63, 3.8) is 0 Å². The molecule has 1 heterocycles. The van der Waals surface area contributed by atoms with Gasteiger partial charge in [0.05, 0.1) is 5.75 Å². The maximum absolute atomic E-state index is 11.2. The molecule has 1 rings (SSSR count). The van der Waals surface area contributed by atoms with E-state index in [4.69, 9.17) is 5.73 Å². The van der Waals surface area contributed by atoms with E-state index in [-0.39, 0.29) is 11.8 Å². The third-order valence-electron chi connectivity index (χ3n) is 3.03. The van der Waals surface area contributed by atoms with Gasteiger partial charge in [0.25, 0.3) is 0 Å². The lowest BCUT2D eigenvalue weighted by Crippen LogP contribution is -2.28. The van der Waals surface area contributed by atoms with Crippen molar-refractivity contribution in [3.8, 4) is 0 Å². The molecule has 0 fully saturated rings. The van der Waals surface area contributed by atoms with E-state index in [0.717, 1.165) is 24.2 Å². The van der Waals surface area contributed by atoms with E-state index in [1.54, 1.807) is 6.20 Å². The van der Waals surface area contributed by atoms with Crippen molar-refractivity contribution >= 4 is 15.7 Å². The first-order valence-electron chi connectivity index (χ1n) is 6.41. The Balaban J connectivity index is 2.81. The van der Waals surface area contributed by atoms with E-state index in [2.05, 4.69) is 4.98 Å². The fraction of sp³-hybridized carbons (Fsp3) is 0.615. The largest absolute Gasteiger partial charge is 0.358 e. The van der Waals surface area contributed by atoms with E-state index < -0.39 is 9.84 Å². The Labute approximate surface area is 115 Å². The molecule has 0 radical (unpaired) electrons. The summed E-state index contributed by atoms with van der Waals surface area (Å²) in [4.78, 5) is 6.22. The molecule has 0 amide bonds. The fourth-order valence-corrected chi connectivity index (χ4v) is 2.37. The first-order valence-corrected chi connectivity index (χ1v) is 8.48. The fourth-order valence-electron chi connectivity index (χ4n) is 1.77. The number of sulfone groups is 1. The molecule has 1 atom stereocenters. The van der Waals surface area contributed by atoms with Crippen LogP contribution in [0.3, 0.4) is 0 Å². The van der Waals surface area contributed by atoms with Crippen molar-refractivity contribution in [2.24, 2.45) is 5.73 Å². The molecule has 0 aliphatic carbocycles. The number of anilines is 1. The molecule has 5 nitrogen and oxygen atoms in total. The van der Waals surface area contributed by atoms with Gasteiger partial charge in [-0.05, 0) is 24.5 Å². The highest BCUT2D eigenvalue weighted by molar-refractivity contribution is 7.90. The Morgan fingerprint density at radius 1 is 1.47 bits per heavy atom. The minimum absolute atomic E-state index is 0.103. The molecule has 1 aromatic rings. The predicted molar refractivity (Wildman–Crippen MR) is 79.2 cm³/mol. The lowest BCUT2D eigenvalue weighted by molar-refractivity contribution is 0.600. The normalized spacial score (nSPS) is 13.3. The summed E-state index contributed by atoms with van der Waals surface area (Å²) in [6.45, 7) is 2.48. The van der Waals surface area contributed by atoms with Crippen LogP contribution in [-0.4, -0.2) is 45.0 Å². The maximum atomic E-state index is 11.2. The molecule has 108 valence electrons. The average Bonchev–Trinajstić information content (AvgIpc) is 2.35. The first kappa shape index (κ1) is 15.9. The second-order valence-electron chi connectivity index (χ2n) is 4.91. The molecule has 0 bridgehead atoms. The van der Waals surface area contributed by atoms with Gasteiger partial charge in [-0.1, -0.05) is 13.0 Å². The zero-order chi connectivity index (χ0) is 14.5. The Kier molecular flexibility index (Phi) is 5.75. The van der Waals surface area contributed by atoms with Gasteiger partial charge in [-0.15, -0.1) is 0 Å². The van der Waals surface area contributed by atoms with E-state index in [9.17, 15) is 8.42 Å². The summed E-state index contributed by atoms with van der Waals surface area (Å²) in [5, 5.41) is 0. The maximum Gasteiger partial charge on any atom is 0.149 e. The van der Waals surface area contributed by atoms with E-state index in [1.165, 1.54) is 6.26 Å². The Morgan fingerprint density at radius 2 is 2.16 bits per heavy atom. The molecule has 0 aliphatic rings. The van der Waals surface area contributed by atoms with E-state index in [0.29, 0.717) is 6.54 Å². The van der Waals surface area contributed by atoms with Crippen molar-refractivity contribution in [2.45, 2.75) is 25.8 Å². The molecule has 1 aromatic heterocycles. The van der Waals surface area contributed by atoms with Crippen molar-refractivity contribution < 1.29 is 8.42 Å². The van der Waals surface area contributed by atoms with Crippen molar-refractivity contribution in [2.75, 3.05) is 30.5 Å². The average molecular weight is 285 g/mol. The van der Waals surface area contributed by atoms with E-state index >= 15 is 0 Å². The minimum Gasteiger partial charge on any atom is -0.358 e. The zero-order valence-electron chi connectivity index (χ0n) is 11.8. The van der Waals surface area contributed by atoms with Crippen LogP contribution in [0.5, 0.6) is 0 Å². The van der Waals surface area contributed by atoms with Crippen LogP contribution in [0.1, 0.15) is 18.9 Å². The number of aromatic nitrogens is 1. The lowest BCUT2D eigenvalue weighted by Gasteiger charge is -2.21. The molecular formula is C13H23N3O2S. The highest BCUT2D eigenvalue weighted by Crippen LogP contribution is 2.17. The van der Waals surface area contributed by atoms with Gasteiger partial charge in [-0.25, -0.2) is 13.4 Å². The van der Waals surface area contributed by atoms with Gasteiger partial charge in [0, 0.05) is 32.1 Å². The van der Waals surface area contributed by atoms with Crippen molar-refractivity contribution in [3.05, 3.63) is 23.9 Å². The quantitative estimate of drug-likeness (QED) is 0.803. The topological polar surface area (TPSA) is 76.3 Å². The van der Waals surface area contributed by atoms with Crippen LogP contribution in [0.2, 0.25) is 0 Å². The lowest BCUT2D eigenvalue weighted by atomic mass is 10.1. The molecule has 0 saturated heterocycles. The first-order chi connectivity index (χ1) is 8.83. The number of nitrogens with two attached hydrogens (primary N) is 1. The summed E-state index contributed by atoms with van der Waals surface area (Å²) in [6.07, 6.45) is 4.62. The monoisotopic (exact) mass is 285 g/mol. The Bertz CT molecular complexity index is 502. The summed E-state index contributed by atoms with van der Waals surface area (Å²) in [7, 11) is -1.11. The van der Waals surface area contributed by atoms with Gasteiger partial charge in [0.2, 0.25) is 0 Å². The minimum atomic E-state index is -2.96. The number of rotatable bonds is 7. The van der Waals surface area contributed by atoms with Crippen LogP contribution in [0, 0.1) is 0 Å². The van der Waals surface area contributed by atoms with Crippen LogP contribution in [-0.2, 0) is 16.3 Å². The van der Waals surface area contributed by atoms with Crippen LogP contribution in [0.25, 0.3) is 0 Å². The third-order valence-corrected chi connectivity index (χ3v) is 3.96. The third kappa shape index (κ3) is 5.57. The van der Waals surface area contributed by atoms with Gasteiger partial charge < -0.3 is 10.6 Å². The zero-order valence-corrected chi connectivity index (χ0v) is 12.7. The van der Waals surface area contributed by atoms with Crippen molar-refractivity contribution in [1.29, 1.82) is 0 Å². The smallest absolute Gasteiger partial charge is 0.149 e. The van der Waals surface area contributed by atoms with Gasteiger partial charge >= 0.3 is 0 Å². The van der Waals surface area contributed by atoms with Crippen LogP contribution in [0.4, 0.5) is 5.82 Å². The summed E-state index contributed by atoms with van der Waals surface area (Å²) in [5.74, 6) is 0.939. The summed E-state index contributed by atoms with van der Waals surface area (Å²) >= 11 is 0. The Morgan fingerprint density at radius 3 is 2.74 bits per heavy atom. The number of pyridine rings is 1. The predicted octanol–water partition coefficient (Wildman–Crippen LogP) is 0.842. The molecular weight excluding hydrogens is 262 g/mol. The van der Waals surface area contributed by atoms with Gasteiger partial charge in [-0.3, -0.25) is 0 Å². The highest BCUT2D eigenvalue weighted by Gasteiger charge is 2.13. The Hall–Kier alpha value is -1.14. The molecule has 6 heteroatoms. The van der Waals surface area contributed by atoms with Crippen molar-refractivity contribution in [1.82, 2.24) is 4.98 Å². The standard InChI is InChI=1S/C13H23N3O2S/c1-4-12(14)10-11-6-5-7-15-13(11)16(2)8-9-19(3,17)18/h5-7,12H,4,8-10,14H2,1-3H3. The van der Waals surface area contributed by atoms with Crippen LogP contribution >= 0.6 is 0 Å². The highest BCUT2D eigenvalue weighted by atomic mass is 32.2. The molecule has 0 aliphatic heterocycles. The molecule has 1 unspecified atom stereocenters. The molecule has 0 aromatic carbocycles.